The summed E-state index contributed by atoms with van der Waals surface area (Å²) in [6.45, 7) is 2.10. The van der Waals surface area contributed by atoms with Gasteiger partial charge in [-0.05, 0) is 17.7 Å². The van der Waals surface area contributed by atoms with Gasteiger partial charge in [0.15, 0.2) is 12.0 Å². The second kappa shape index (κ2) is 4.18. The lowest BCUT2D eigenvalue weighted by molar-refractivity contribution is -0.126. The van der Waals surface area contributed by atoms with E-state index in [0.29, 0.717) is 6.54 Å². The molecule has 1 aliphatic heterocycles. The molecule has 1 aromatic heterocycles. The Hall–Kier alpha value is -1.88. The van der Waals surface area contributed by atoms with E-state index in [1.54, 1.807) is 0 Å². The van der Waals surface area contributed by atoms with Gasteiger partial charge in [-0.1, -0.05) is 6.07 Å². The Morgan fingerprint density at radius 2 is 2.41 bits per heavy atom. The number of aromatic nitrogens is 1. The van der Waals surface area contributed by atoms with E-state index in [9.17, 15) is 4.79 Å². The minimum Gasteiger partial charge on any atom is -0.443 e. The first kappa shape index (κ1) is 10.3. The van der Waals surface area contributed by atoms with Gasteiger partial charge < -0.3 is 15.1 Å². The zero-order valence-electron chi connectivity index (χ0n) is 9.27. The standard InChI is InChI=1S/C12H13N3O2/c16-12(9-5-13-6-9)14-4-8-1-2-10-11(3-8)17-7-15-10/h1-3,7,9,13H,4-6H2,(H,14,16). The third kappa shape index (κ3) is 2.01. The fourth-order valence-electron chi connectivity index (χ4n) is 1.82. The van der Waals surface area contributed by atoms with E-state index in [4.69, 9.17) is 4.42 Å². The molecule has 0 saturated carbocycles. The number of carbonyl (C=O) groups excluding carboxylic acids is 1. The van der Waals surface area contributed by atoms with E-state index in [1.807, 2.05) is 18.2 Å². The quantitative estimate of drug-likeness (QED) is 0.814. The van der Waals surface area contributed by atoms with Gasteiger partial charge in [0.05, 0.1) is 5.92 Å². The highest BCUT2D eigenvalue weighted by Crippen LogP contribution is 2.14. The van der Waals surface area contributed by atoms with E-state index >= 15 is 0 Å². The molecule has 2 N–H and O–H groups in total. The average Bonchev–Trinajstić information content (AvgIpc) is 2.71. The van der Waals surface area contributed by atoms with Crippen molar-refractivity contribution in [2.75, 3.05) is 13.1 Å². The number of hydrogen-bond acceptors (Lipinski definition) is 4. The molecule has 5 nitrogen and oxygen atoms in total. The summed E-state index contributed by atoms with van der Waals surface area (Å²) in [6, 6.07) is 5.75. The summed E-state index contributed by atoms with van der Waals surface area (Å²) in [5.41, 5.74) is 2.61. The van der Waals surface area contributed by atoms with Crippen LogP contribution in [-0.4, -0.2) is 24.0 Å². The van der Waals surface area contributed by atoms with Crippen molar-refractivity contribution in [3.63, 3.8) is 0 Å². The maximum Gasteiger partial charge on any atom is 0.225 e. The second-order valence-electron chi connectivity index (χ2n) is 4.23. The van der Waals surface area contributed by atoms with Gasteiger partial charge in [0.25, 0.3) is 0 Å². The predicted octanol–water partition coefficient (Wildman–Crippen LogP) is 0.663. The van der Waals surface area contributed by atoms with E-state index in [0.717, 1.165) is 29.8 Å². The van der Waals surface area contributed by atoms with Gasteiger partial charge in [-0.3, -0.25) is 4.79 Å². The molecule has 1 fully saturated rings. The van der Waals surface area contributed by atoms with Crippen LogP contribution in [0.5, 0.6) is 0 Å². The molecule has 88 valence electrons. The van der Waals surface area contributed by atoms with Crippen LogP contribution in [0.2, 0.25) is 0 Å². The monoisotopic (exact) mass is 231 g/mol. The van der Waals surface area contributed by atoms with E-state index in [-0.39, 0.29) is 11.8 Å². The van der Waals surface area contributed by atoms with Crippen LogP contribution in [0.1, 0.15) is 5.56 Å². The van der Waals surface area contributed by atoms with Crippen LogP contribution in [-0.2, 0) is 11.3 Å². The zero-order valence-corrected chi connectivity index (χ0v) is 9.27. The van der Waals surface area contributed by atoms with Crippen molar-refractivity contribution in [1.29, 1.82) is 0 Å². The van der Waals surface area contributed by atoms with E-state index in [2.05, 4.69) is 15.6 Å². The maximum absolute atomic E-state index is 11.6. The van der Waals surface area contributed by atoms with Crippen molar-refractivity contribution >= 4 is 17.0 Å². The molecule has 0 unspecified atom stereocenters. The minimum atomic E-state index is 0.112. The lowest BCUT2D eigenvalue weighted by Crippen LogP contribution is -2.50. The third-order valence-electron chi connectivity index (χ3n) is 3.01. The molecule has 1 aliphatic rings. The summed E-state index contributed by atoms with van der Waals surface area (Å²) < 4.78 is 5.21. The zero-order chi connectivity index (χ0) is 11.7. The van der Waals surface area contributed by atoms with Crippen LogP contribution >= 0.6 is 0 Å². The predicted molar refractivity (Wildman–Crippen MR) is 62.2 cm³/mol. The highest BCUT2D eigenvalue weighted by atomic mass is 16.3. The Labute approximate surface area is 98.2 Å². The molecule has 1 aromatic carbocycles. The SMILES string of the molecule is O=C(NCc1ccc2ncoc2c1)C1CNC1. The topological polar surface area (TPSA) is 67.2 Å². The Bertz CT molecular complexity index is 545. The van der Waals surface area contributed by atoms with Gasteiger partial charge in [-0.15, -0.1) is 0 Å². The van der Waals surface area contributed by atoms with Gasteiger partial charge in [-0.2, -0.15) is 0 Å². The minimum absolute atomic E-state index is 0.112. The van der Waals surface area contributed by atoms with Gasteiger partial charge in [0.1, 0.15) is 5.52 Å². The maximum atomic E-state index is 11.6. The largest absolute Gasteiger partial charge is 0.443 e. The number of rotatable bonds is 3. The second-order valence-corrected chi connectivity index (χ2v) is 4.23. The number of nitrogens with one attached hydrogen (secondary N) is 2. The number of amides is 1. The molecule has 0 radical (unpaired) electrons. The molecule has 0 bridgehead atoms. The van der Waals surface area contributed by atoms with Crippen molar-refractivity contribution in [2.24, 2.45) is 5.92 Å². The van der Waals surface area contributed by atoms with Gasteiger partial charge in [0, 0.05) is 19.6 Å². The number of nitrogens with zero attached hydrogens (tertiary/aromatic N) is 1. The molecule has 0 spiro atoms. The van der Waals surface area contributed by atoms with Crippen molar-refractivity contribution < 1.29 is 9.21 Å². The van der Waals surface area contributed by atoms with Crippen LogP contribution in [0.4, 0.5) is 0 Å². The molecule has 1 saturated heterocycles. The lowest BCUT2D eigenvalue weighted by atomic mass is 10.0. The molecule has 3 rings (SSSR count). The van der Waals surface area contributed by atoms with Crippen LogP contribution in [0.25, 0.3) is 11.1 Å². The third-order valence-corrected chi connectivity index (χ3v) is 3.01. The molecule has 0 atom stereocenters. The summed E-state index contributed by atoms with van der Waals surface area (Å²) in [5, 5.41) is 5.99. The first-order valence-corrected chi connectivity index (χ1v) is 5.63. The summed E-state index contributed by atoms with van der Waals surface area (Å²) in [7, 11) is 0. The number of carbonyl (C=O) groups is 1. The summed E-state index contributed by atoms with van der Waals surface area (Å²) in [6.07, 6.45) is 1.42. The Kier molecular flexibility index (Phi) is 2.53. The van der Waals surface area contributed by atoms with Crippen LogP contribution < -0.4 is 10.6 Å². The molecular weight excluding hydrogens is 218 g/mol. The summed E-state index contributed by atoms with van der Waals surface area (Å²) in [4.78, 5) is 15.7. The molecule has 2 aromatic rings. The highest BCUT2D eigenvalue weighted by Gasteiger charge is 2.24. The van der Waals surface area contributed by atoms with Crippen molar-refractivity contribution in [2.45, 2.75) is 6.54 Å². The molecule has 17 heavy (non-hydrogen) atoms. The van der Waals surface area contributed by atoms with Crippen molar-refractivity contribution in [3.8, 4) is 0 Å². The fraction of sp³-hybridized carbons (Fsp3) is 0.333. The Morgan fingerprint density at radius 3 is 3.18 bits per heavy atom. The number of fused-ring (bicyclic) bond motifs is 1. The first-order chi connectivity index (χ1) is 8.33. The molecular formula is C12H13N3O2. The van der Waals surface area contributed by atoms with Crippen LogP contribution in [0.15, 0.2) is 29.0 Å². The normalized spacial score (nSPS) is 15.8. The van der Waals surface area contributed by atoms with Crippen molar-refractivity contribution in [3.05, 3.63) is 30.2 Å². The average molecular weight is 231 g/mol. The molecule has 5 heteroatoms. The summed E-state index contributed by atoms with van der Waals surface area (Å²) >= 11 is 0. The molecule has 2 heterocycles. The van der Waals surface area contributed by atoms with E-state index in [1.165, 1.54) is 6.39 Å². The number of benzene rings is 1. The number of hydrogen-bond donors (Lipinski definition) is 2. The summed E-state index contributed by atoms with van der Waals surface area (Å²) in [5.74, 6) is 0.241. The highest BCUT2D eigenvalue weighted by molar-refractivity contribution is 5.80. The van der Waals surface area contributed by atoms with E-state index < -0.39 is 0 Å². The van der Waals surface area contributed by atoms with Crippen molar-refractivity contribution in [1.82, 2.24) is 15.6 Å². The van der Waals surface area contributed by atoms with Gasteiger partial charge >= 0.3 is 0 Å². The van der Waals surface area contributed by atoms with Gasteiger partial charge in [-0.25, -0.2) is 4.98 Å². The smallest absolute Gasteiger partial charge is 0.225 e. The molecule has 0 aliphatic carbocycles. The Morgan fingerprint density at radius 1 is 1.53 bits per heavy atom. The first-order valence-electron chi connectivity index (χ1n) is 5.63. The van der Waals surface area contributed by atoms with Gasteiger partial charge in [0.2, 0.25) is 5.91 Å². The molecule has 1 amide bonds. The Balaban J connectivity index is 1.65. The van der Waals surface area contributed by atoms with Crippen LogP contribution in [0, 0.1) is 5.92 Å². The number of oxazole rings is 1. The van der Waals surface area contributed by atoms with Crippen LogP contribution in [0.3, 0.4) is 0 Å². The fourth-order valence-corrected chi connectivity index (χ4v) is 1.82. The lowest BCUT2D eigenvalue weighted by Gasteiger charge is -2.25.